The molecule has 2 fully saturated rings. The normalized spacial score (nSPS) is 23.4. The maximum atomic E-state index is 12.5. The summed E-state index contributed by atoms with van der Waals surface area (Å²) < 4.78 is 11.4. The summed E-state index contributed by atoms with van der Waals surface area (Å²) in [6.45, 7) is 0.593. The number of nitrogens with two attached hydrogens (primary N) is 1. The predicted molar refractivity (Wildman–Crippen MR) is 104 cm³/mol. The highest BCUT2D eigenvalue weighted by Gasteiger charge is 2.49. The third-order valence-corrected chi connectivity index (χ3v) is 6.27. The Hall–Kier alpha value is -3.05. The second-order valence-electron chi connectivity index (χ2n) is 7.99. The van der Waals surface area contributed by atoms with Crippen molar-refractivity contribution >= 4 is 19.0 Å². The van der Waals surface area contributed by atoms with Crippen molar-refractivity contribution in [2.45, 2.75) is 36.7 Å². The number of fused-ring (bicyclic) bond motifs is 3. The molecule has 5 rings (SSSR count). The van der Waals surface area contributed by atoms with Crippen molar-refractivity contribution in [3.63, 3.8) is 0 Å². The van der Waals surface area contributed by atoms with E-state index >= 15 is 0 Å². The molecule has 156 valence electrons. The van der Waals surface area contributed by atoms with E-state index in [-0.39, 0.29) is 40.8 Å². The van der Waals surface area contributed by atoms with Crippen LogP contribution in [-0.2, 0) is 4.79 Å². The van der Waals surface area contributed by atoms with Gasteiger partial charge in [0.15, 0.2) is 0 Å². The first kappa shape index (κ1) is 19.0. The average molecular weight is 412 g/mol. The van der Waals surface area contributed by atoms with E-state index < -0.39 is 19.1 Å². The number of hydrogen-bond donors (Lipinski definition) is 4. The van der Waals surface area contributed by atoms with Crippen LogP contribution in [0, 0.1) is 0 Å². The molecule has 1 amide bonds. The van der Waals surface area contributed by atoms with Crippen molar-refractivity contribution in [2.75, 3.05) is 13.1 Å². The molecule has 0 bridgehead atoms. The molecular formula is C19H21BN4O6. The molecule has 0 spiro atoms. The molecule has 2 aliphatic heterocycles. The van der Waals surface area contributed by atoms with Crippen LogP contribution in [0.5, 0.6) is 11.5 Å². The predicted octanol–water partition coefficient (Wildman–Crippen LogP) is 0.518. The molecule has 3 atom stereocenters. The highest BCUT2D eigenvalue weighted by Crippen LogP contribution is 2.55. The van der Waals surface area contributed by atoms with Gasteiger partial charge < -0.3 is 35.1 Å². The Labute approximate surface area is 172 Å². The van der Waals surface area contributed by atoms with Gasteiger partial charge in [-0.1, -0.05) is 6.07 Å². The highest BCUT2D eigenvalue weighted by atomic mass is 16.5. The van der Waals surface area contributed by atoms with Gasteiger partial charge in [-0.2, -0.15) is 0 Å². The lowest BCUT2D eigenvalue weighted by atomic mass is 9.51. The second kappa shape index (κ2) is 7.03. The molecule has 1 saturated heterocycles. The van der Waals surface area contributed by atoms with Gasteiger partial charge in [-0.15, -0.1) is 0 Å². The van der Waals surface area contributed by atoms with Gasteiger partial charge in [0, 0.05) is 5.82 Å². The van der Waals surface area contributed by atoms with E-state index in [1.165, 1.54) is 12.5 Å². The van der Waals surface area contributed by atoms with E-state index in [0.29, 0.717) is 18.8 Å². The fourth-order valence-corrected chi connectivity index (χ4v) is 4.40. The van der Waals surface area contributed by atoms with Crippen molar-refractivity contribution in [2.24, 2.45) is 5.73 Å². The third-order valence-electron chi connectivity index (χ3n) is 6.27. The molecule has 11 heteroatoms. The molecule has 2 aromatic rings. The lowest BCUT2D eigenvalue weighted by Gasteiger charge is -2.43. The fourth-order valence-electron chi connectivity index (χ4n) is 4.40. The van der Waals surface area contributed by atoms with Gasteiger partial charge >= 0.3 is 13.1 Å². The lowest BCUT2D eigenvalue weighted by Crippen LogP contribution is -2.58. The zero-order chi connectivity index (χ0) is 21.0. The molecular weight excluding hydrogens is 391 g/mol. The Morgan fingerprint density at radius 2 is 2.17 bits per heavy atom. The average Bonchev–Trinajstić information content (AvgIpc) is 3.17. The number of carboxylic acids is 1. The number of H-pyrrole nitrogens is 1. The highest BCUT2D eigenvalue weighted by molar-refractivity contribution is 6.47. The SMILES string of the molecule is N[C@@H](C(=O)N1CC(Oc2ccc3c(c2C(=O)O)OB(O)[C@@H]2CC[C@H]32)C1)c1cnc[nH]1. The number of carbonyl (C=O) groups excluding carboxylic acids is 1. The minimum Gasteiger partial charge on any atom is -0.535 e. The zero-order valence-electron chi connectivity index (χ0n) is 16.0. The van der Waals surface area contributed by atoms with E-state index in [1.807, 2.05) is 6.07 Å². The molecule has 1 saturated carbocycles. The number of rotatable bonds is 5. The maximum absolute atomic E-state index is 12.5. The number of aromatic carboxylic acids is 1. The van der Waals surface area contributed by atoms with E-state index in [1.54, 1.807) is 11.0 Å². The summed E-state index contributed by atoms with van der Waals surface area (Å²) in [5, 5.41) is 20.0. The van der Waals surface area contributed by atoms with E-state index in [9.17, 15) is 19.7 Å². The van der Waals surface area contributed by atoms with Crippen molar-refractivity contribution in [3.8, 4) is 11.5 Å². The van der Waals surface area contributed by atoms with E-state index in [2.05, 4.69) is 9.97 Å². The zero-order valence-corrected chi connectivity index (χ0v) is 16.0. The molecule has 3 heterocycles. The largest absolute Gasteiger partial charge is 0.535 e. The summed E-state index contributed by atoms with van der Waals surface area (Å²) in [5.74, 6) is -0.970. The molecule has 30 heavy (non-hydrogen) atoms. The summed E-state index contributed by atoms with van der Waals surface area (Å²) in [5.41, 5.74) is 7.19. The van der Waals surface area contributed by atoms with Crippen LogP contribution in [-0.4, -0.2) is 63.2 Å². The van der Waals surface area contributed by atoms with Gasteiger partial charge in [0.25, 0.3) is 0 Å². The van der Waals surface area contributed by atoms with Gasteiger partial charge in [-0.3, -0.25) is 4.79 Å². The molecule has 5 N–H and O–H groups in total. The van der Waals surface area contributed by atoms with Crippen LogP contribution in [0.2, 0.25) is 5.82 Å². The van der Waals surface area contributed by atoms with Crippen molar-refractivity contribution in [1.29, 1.82) is 0 Å². The van der Waals surface area contributed by atoms with Gasteiger partial charge in [-0.25, -0.2) is 9.78 Å². The molecule has 1 aromatic heterocycles. The molecule has 10 nitrogen and oxygen atoms in total. The number of ether oxygens (including phenoxy) is 1. The fraction of sp³-hybridized carbons (Fsp3) is 0.421. The minimum absolute atomic E-state index is 0.0104. The number of carbonyl (C=O) groups is 2. The van der Waals surface area contributed by atoms with Crippen LogP contribution < -0.4 is 15.1 Å². The van der Waals surface area contributed by atoms with Gasteiger partial charge in [0.1, 0.15) is 29.2 Å². The monoisotopic (exact) mass is 412 g/mol. The number of nitrogens with one attached hydrogen (secondary N) is 1. The van der Waals surface area contributed by atoms with Crippen LogP contribution >= 0.6 is 0 Å². The summed E-state index contributed by atoms with van der Waals surface area (Å²) >= 11 is 0. The smallest absolute Gasteiger partial charge is 0.526 e. The molecule has 1 aliphatic carbocycles. The van der Waals surface area contributed by atoms with Gasteiger partial charge in [-0.05, 0) is 30.4 Å². The topological polar surface area (TPSA) is 151 Å². The summed E-state index contributed by atoms with van der Waals surface area (Å²) in [6, 6.07) is 2.62. The molecule has 0 radical (unpaired) electrons. The summed E-state index contributed by atoms with van der Waals surface area (Å²) in [7, 11) is -1.01. The van der Waals surface area contributed by atoms with Gasteiger partial charge in [0.2, 0.25) is 5.91 Å². The van der Waals surface area contributed by atoms with Crippen molar-refractivity contribution in [1.82, 2.24) is 14.9 Å². The Morgan fingerprint density at radius 1 is 1.37 bits per heavy atom. The number of aromatic amines is 1. The third kappa shape index (κ3) is 2.93. The number of carboxylic acid groups (broad SMARTS) is 1. The Bertz CT molecular complexity index is 993. The lowest BCUT2D eigenvalue weighted by molar-refractivity contribution is -0.141. The van der Waals surface area contributed by atoms with Crippen LogP contribution in [0.25, 0.3) is 0 Å². The number of hydrogen-bond acceptors (Lipinski definition) is 7. The number of amides is 1. The first-order chi connectivity index (χ1) is 14.4. The minimum atomic E-state index is -1.18. The van der Waals surface area contributed by atoms with E-state index in [0.717, 1.165) is 18.4 Å². The van der Waals surface area contributed by atoms with Crippen molar-refractivity contribution < 1.29 is 29.1 Å². The molecule has 1 aromatic carbocycles. The summed E-state index contributed by atoms with van der Waals surface area (Å²) in [6.07, 6.45) is 4.36. The van der Waals surface area contributed by atoms with Gasteiger partial charge in [0.05, 0.1) is 31.3 Å². The number of imidazole rings is 1. The maximum Gasteiger partial charge on any atom is 0.526 e. The van der Waals surface area contributed by atoms with Crippen LogP contribution in [0.4, 0.5) is 0 Å². The second-order valence-corrected chi connectivity index (χ2v) is 7.99. The van der Waals surface area contributed by atoms with Crippen molar-refractivity contribution in [3.05, 3.63) is 41.5 Å². The number of likely N-dealkylation sites (tertiary alicyclic amines) is 1. The number of benzene rings is 1. The van der Waals surface area contributed by atoms with Crippen LogP contribution in [0.15, 0.2) is 24.7 Å². The first-order valence-corrected chi connectivity index (χ1v) is 9.88. The standard InChI is InChI=1S/C19H21BN4O6/c21-16(13-5-22-8-23-13)18(25)24-6-9(7-24)29-14-4-2-11-10-1-3-12(10)20(28)30-17(11)15(14)19(26)27/h2,4-5,8-10,12,16,28H,1,3,6-7,21H2,(H,22,23)(H,26,27)/t10-,12-,16-/m1/s1. The quantitative estimate of drug-likeness (QED) is 0.519. The Morgan fingerprint density at radius 3 is 2.80 bits per heavy atom. The number of aromatic nitrogens is 2. The Balaban J connectivity index is 1.30. The molecule has 0 unspecified atom stereocenters. The van der Waals surface area contributed by atoms with Crippen LogP contribution in [0.1, 0.15) is 46.4 Å². The van der Waals surface area contributed by atoms with Crippen LogP contribution in [0.3, 0.4) is 0 Å². The number of nitrogens with zero attached hydrogens (tertiary/aromatic N) is 2. The molecule has 3 aliphatic rings. The van der Waals surface area contributed by atoms with E-state index in [4.69, 9.17) is 15.1 Å². The Kier molecular flexibility index (Phi) is 4.44. The summed E-state index contributed by atoms with van der Waals surface area (Å²) in [4.78, 5) is 32.6. The first-order valence-electron chi connectivity index (χ1n) is 9.88.